The summed E-state index contributed by atoms with van der Waals surface area (Å²) < 4.78 is 0. The Kier molecular flexibility index (Phi) is 5.49. The number of hydrogen-bond donors (Lipinski definition) is 2. The van der Waals surface area contributed by atoms with Crippen LogP contribution in [-0.2, 0) is 11.3 Å². The molecule has 0 bridgehead atoms. The molecule has 0 aliphatic rings. The van der Waals surface area contributed by atoms with Crippen LogP contribution in [0.1, 0.15) is 32.8 Å². The van der Waals surface area contributed by atoms with Crippen LogP contribution in [-0.4, -0.2) is 18.0 Å². The Hall–Kier alpha value is -0.870. The molecular weight excluding hydrogens is 220 g/mol. The van der Waals surface area contributed by atoms with Crippen molar-refractivity contribution in [2.24, 2.45) is 0 Å². The number of carbonyl (C=O) groups excluding carboxylic acids is 1. The molecule has 1 aromatic heterocycles. The first-order chi connectivity index (χ1) is 7.63. The van der Waals surface area contributed by atoms with Gasteiger partial charge >= 0.3 is 0 Å². The van der Waals surface area contributed by atoms with Crippen molar-refractivity contribution in [1.29, 1.82) is 0 Å². The molecule has 0 aliphatic heterocycles. The van der Waals surface area contributed by atoms with Crippen molar-refractivity contribution >= 4 is 17.2 Å². The molecule has 1 amide bonds. The Morgan fingerprint density at radius 2 is 2.25 bits per heavy atom. The van der Waals surface area contributed by atoms with Gasteiger partial charge in [-0.25, -0.2) is 0 Å². The highest BCUT2D eigenvalue weighted by Gasteiger charge is 2.13. The molecular formula is C12H20N2OS. The molecule has 0 radical (unpaired) electrons. The van der Waals surface area contributed by atoms with Crippen LogP contribution >= 0.6 is 11.3 Å². The summed E-state index contributed by atoms with van der Waals surface area (Å²) in [5, 5.41) is 10.3. The van der Waals surface area contributed by atoms with Gasteiger partial charge in [-0.05, 0) is 42.7 Å². The maximum absolute atomic E-state index is 11.7. The minimum atomic E-state index is -0.145. The van der Waals surface area contributed by atoms with Crippen LogP contribution < -0.4 is 10.6 Å². The Bertz CT molecular complexity index is 311. The topological polar surface area (TPSA) is 41.1 Å². The van der Waals surface area contributed by atoms with Gasteiger partial charge in [-0.15, -0.1) is 0 Å². The molecule has 2 unspecified atom stereocenters. The summed E-state index contributed by atoms with van der Waals surface area (Å²) >= 11 is 1.67. The van der Waals surface area contributed by atoms with Crippen molar-refractivity contribution in [1.82, 2.24) is 10.6 Å². The van der Waals surface area contributed by atoms with Crippen molar-refractivity contribution in [2.45, 2.75) is 45.8 Å². The SMILES string of the molecule is CCC(C)NC(=O)C(C)NCc1ccsc1. The van der Waals surface area contributed by atoms with Gasteiger partial charge in [0.1, 0.15) is 0 Å². The molecule has 2 N–H and O–H groups in total. The van der Waals surface area contributed by atoms with E-state index in [0.29, 0.717) is 0 Å². The van der Waals surface area contributed by atoms with E-state index in [2.05, 4.69) is 29.0 Å². The highest BCUT2D eigenvalue weighted by molar-refractivity contribution is 7.07. The largest absolute Gasteiger partial charge is 0.352 e. The van der Waals surface area contributed by atoms with Gasteiger partial charge in [0.05, 0.1) is 6.04 Å². The van der Waals surface area contributed by atoms with Gasteiger partial charge in [-0.1, -0.05) is 6.92 Å². The van der Waals surface area contributed by atoms with Crippen LogP contribution in [0.5, 0.6) is 0 Å². The number of amides is 1. The Morgan fingerprint density at radius 1 is 1.50 bits per heavy atom. The summed E-state index contributed by atoms with van der Waals surface area (Å²) in [6.07, 6.45) is 0.961. The van der Waals surface area contributed by atoms with E-state index in [1.54, 1.807) is 11.3 Å². The molecule has 16 heavy (non-hydrogen) atoms. The minimum Gasteiger partial charge on any atom is -0.352 e. The standard InChI is InChI=1S/C12H20N2OS/c1-4-9(2)14-12(15)10(3)13-7-11-5-6-16-8-11/h5-6,8-10,13H,4,7H2,1-3H3,(H,14,15). The molecule has 0 aliphatic carbocycles. The van der Waals surface area contributed by atoms with Gasteiger partial charge in [0.25, 0.3) is 0 Å². The summed E-state index contributed by atoms with van der Waals surface area (Å²) in [6, 6.07) is 2.17. The predicted molar refractivity (Wildman–Crippen MR) is 68.5 cm³/mol. The van der Waals surface area contributed by atoms with Gasteiger partial charge < -0.3 is 10.6 Å². The third-order valence-electron chi connectivity index (χ3n) is 2.59. The van der Waals surface area contributed by atoms with E-state index >= 15 is 0 Å². The van der Waals surface area contributed by atoms with E-state index < -0.39 is 0 Å². The second-order valence-electron chi connectivity index (χ2n) is 4.05. The van der Waals surface area contributed by atoms with Crippen LogP contribution in [0, 0.1) is 0 Å². The first kappa shape index (κ1) is 13.2. The van der Waals surface area contributed by atoms with Crippen LogP contribution in [0.15, 0.2) is 16.8 Å². The van der Waals surface area contributed by atoms with E-state index in [-0.39, 0.29) is 18.0 Å². The van der Waals surface area contributed by atoms with Gasteiger partial charge in [0.15, 0.2) is 0 Å². The molecule has 0 fully saturated rings. The normalized spacial score (nSPS) is 14.4. The maximum atomic E-state index is 11.7. The molecule has 3 nitrogen and oxygen atoms in total. The van der Waals surface area contributed by atoms with E-state index in [4.69, 9.17) is 0 Å². The first-order valence-electron chi connectivity index (χ1n) is 5.68. The summed E-state index contributed by atoms with van der Waals surface area (Å²) in [5.41, 5.74) is 1.23. The summed E-state index contributed by atoms with van der Waals surface area (Å²) in [6.45, 7) is 6.72. The average molecular weight is 240 g/mol. The Morgan fingerprint density at radius 3 is 2.81 bits per heavy atom. The molecule has 1 rings (SSSR count). The van der Waals surface area contributed by atoms with Gasteiger partial charge in [0, 0.05) is 12.6 Å². The summed E-state index contributed by atoms with van der Waals surface area (Å²) in [5.74, 6) is 0.0737. The zero-order chi connectivity index (χ0) is 12.0. The molecule has 0 aromatic carbocycles. The molecule has 2 atom stereocenters. The molecule has 0 spiro atoms. The van der Waals surface area contributed by atoms with Crippen molar-refractivity contribution in [3.8, 4) is 0 Å². The highest BCUT2D eigenvalue weighted by Crippen LogP contribution is 2.05. The number of hydrogen-bond acceptors (Lipinski definition) is 3. The van der Waals surface area contributed by atoms with Crippen LogP contribution in [0.2, 0.25) is 0 Å². The maximum Gasteiger partial charge on any atom is 0.237 e. The number of carbonyl (C=O) groups is 1. The van der Waals surface area contributed by atoms with Crippen LogP contribution in [0.25, 0.3) is 0 Å². The van der Waals surface area contributed by atoms with Crippen molar-refractivity contribution < 1.29 is 4.79 Å². The number of thiophene rings is 1. The predicted octanol–water partition coefficient (Wildman–Crippen LogP) is 2.14. The zero-order valence-electron chi connectivity index (χ0n) is 10.1. The average Bonchev–Trinajstić information content (AvgIpc) is 2.78. The molecule has 4 heteroatoms. The quantitative estimate of drug-likeness (QED) is 0.800. The second kappa shape index (κ2) is 6.66. The Labute approximate surface area is 101 Å². The lowest BCUT2D eigenvalue weighted by atomic mass is 10.2. The summed E-state index contributed by atoms with van der Waals surface area (Å²) in [4.78, 5) is 11.7. The number of nitrogens with one attached hydrogen (secondary N) is 2. The monoisotopic (exact) mass is 240 g/mol. The highest BCUT2D eigenvalue weighted by atomic mass is 32.1. The smallest absolute Gasteiger partial charge is 0.237 e. The third kappa shape index (κ3) is 4.33. The fourth-order valence-electron chi connectivity index (χ4n) is 1.23. The molecule has 90 valence electrons. The fraction of sp³-hybridized carbons (Fsp3) is 0.583. The molecule has 0 saturated heterocycles. The molecule has 0 saturated carbocycles. The Balaban J connectivity index is 2.29. The van der Waals surface area contributed by atoms with E-state index in [9.17, 15) is 4.79 Å². The van der Waals surface area contributed by atoms with Crippen LogP contribution in [0.3, 0.4) is 0 Å². The van der Waals surface area contributed by atoms with Crippen LogP contribution in [0.4, 0.5) is 0 Å². The molecule has 1 heterocycles. The lowest BCUT2D eigenvalue weighted by Crippen LogP contribution is -2.44. The van der Waals surface area contributed by atoms with E-state index in [1.807, 2.05) is 19.2 Å². The lowest BCUT2D eigenvalue weighted by Gasteiger charge is -2.17. The second-order valence-corrected chi connectivity index (χ2v) is 4.83. The van der Waals surface area contributed by atoms with Gasteiger partial charge in [-0.3, -0.25) is 4.79 Å². The first-order valence-corrected chi connectivity index (χ1v) is 6.62. The van der Waals surface area contributed by atoms with Crippen molar-refractivity contribution in [2.75, 3.05) is 0 Å². The number of rotatable bonds is 6. The van der Waals surface area contributed by atoms with E-state index in [1.165, 1.54) is 5.56 Å². The lowest BCUT2D eigenvalue weighted by molar-refractivity contribution is -0.123. The van der Waals surface area contributed by atoms with Gasteiger partial charge in [-0.2, -0.15) is 11.3 Å². The molecule has 1 aromatic rings. The van der Waals surface area contributed by atoms with Crippen molar-refractivity contribution in [3.05, 3.63) is 22.4 Å². The third-order valence-corrected chi connectivity index (χ3v) is 3.32. The fourth-order valence-corrected chi connectivity index (χ4v) is 1.90. The van der Waals surface area contributed by atoms with Gasteiger partial charge in [0.2, 0.25) is 5.91 Å². The van der Waals surface area contributed by atoms with E-state index in [0.717, 1.165) is 13.0 Å². The zero-order valence-corrected chi connectivity index (χ0v) is 10.9. The summed E-state index contributed by atoms with van der Waals surface area (Å²) in [7, 11) is 0. The minimum absolute atomic E-state index is 0.0737. The van der Waals surface area contributed by atoms with Crippen molar-refractivity contribution in [3.63, 3.8) is 0 Å².